The summed E-state index contributed by atoms with van der Waals surface area (Å²) >= 11 is 0. The summed E-state index contributed by atoms with van der Waals surface area (Å²) in [5.41, 5.74) is 3.85. The van der Waals surface area contributed by atoms with Gasteiger partial charge in [0.25, 0.3) is 0 Å². The number of benzene rings is 3. The van der Waals surface area contributed by atoms with Crippen LogP contribution in [0, 0.1) is 0 Å². The SMILES string of the molecule is COc1cc(C(=O)O)ccc1Cn1ccc2ccc(CC(=O)N(C)c3ccccc3)cc21. The van der Waals surface area contributed by atoms with Crippen LogP contribution in [0.5, 0.6) is 5.75 Å². The van der Waals surface area contributed by atoms with E-state index in [4.69, 9.17) is 4.74 Å². The zero-order valence-corrected chi connectivity index (χ0v) is 18.0. The molecule has 0 saturated carbocycles. The Labute approximate surface area is 186 Å². The molecular formula is C26H24N2O4. The number of carbonyl (C=O) groups is 2. The van der Waals surface area contributed by atoms with Gasteiger partial charge in [0.05, 0.1) is 25.6 Å². The molecule has 4 aromatic rings. The number of rotatable bonds is 7. The van der Waals surface area contributed by atoms with Crippen molar-refractivity contribution in [1.29, 1.82) is 0 Å². The van der Waals surface area contributed by atoms with Crippen LogP contribution < -0.4 is 9.64 Å². The third kappa shape index (κ3) is 4.34. The van der Waals surface area contributed by atoms with E-state index in [9.17, 15) is 14.7 Å². The van der Waals surface area contributed by atoms with Crippen LogP contribution in [0.15, 0.2) is 79.0 Å². The molecule has 32 heavy (non-hydrogen) atoms. The lowest BCUT2D eigenvalue weighted by Crippen LogP contribution is -2.27. The Balaban J connectivity index is 1.58. The number of carbonyl (C=O) groups excluding carboxylic acids is 1. The highest BCUT2D eigenvalue weighted by molar-refractivity contribution is 5.95. The van der Waals surface area contributed by atoms with Crippen molar-refractivity contribution in [3.8, 4) is 5.75 Å². The number of carboxylic acid groups (broad SMARTS) is 1. The largest absolute Gasteiger partial charge is 0.496 e. The average molecular weight is 428 g/mol. The van der Waals surface area contributed by atoms with E-state index in [1.807, 2.05) is 60.8 Å². The van der Waals surface area contributed by atoms with E-state index in [1.54, 1.807) is 24.1 Å². The Morgan fingerprint density at radius 1 is 1.00 bits per heavy atom. The minimum absolute atomic E-state index is 0.0135. The van der Waals surface area contributed by atoms with Crippen molar-refractivity contribution in [2.75, 3.05) is 19.1 Å². The number of amides is 1. The summed E-state index contributed by atoms with van der Waals surface area (Å²) in [6.07, 6.45) is 2.28. The summed E-state index contributed by atoms with van der Waals surface area (Å²) in [5.74, 6) is -0.446. The number of fused-ring (bicyclic) bond motifs is 1. The lowest BCUT2D eigenvalue weighted by atomic mass is 10.1. The van der Waals surface area contributed by atoms with Crippen LogP contribution in [-0.2, 0) is 17.8 Å². The van der Waals surface area contributed by atoms with Gasteiger partial charge < -0.3 is 19.3 Å². The molecule has 0 aliphatic carbocycles. The summed E-state index contributed by atoms with van der Waals surface area (Å²) in [4.78, 5) is 25.7. The molecule has 0 aliphatic rings. The predicted octanol–water partition coefficient (Wildman–Crippen LogP) is 4.60. The molecule has 6 nitrogen and oxygen atoms in total. The molecule has 4 rings (SSSR count). The summed E-state index contributed by atoms with van der Waals surface area (Å²) in [7, 11) is 3.32. The van der Waals surface area contributed by atoms with Crippen LogP contribution in [0.2, 0.25) is 0 Å². The number of hydrogen-bond donors (Lipinski definition) is 1. The first-order valence-corrected chi connectivity index (χ1v) is 10.3. The Bertz CT molecular complexity index is 1280. The topological polar surface area (TPSA) is 71.8 Å². The van der Waals surface area contributed by atoms with Gasteiger partial charge in [-0.3, -0.25) is 4.79 Å². The molecule has 0 unspecified atom stereocenters. The number of nitrogens with zero attached hydrogens (tertiary/aromatic N) is 2. The Morgan fingerprint density at radius 2 is 1.78 bits per heavy atom. The van der Waals surface area contributed by atoms with Gasteiger partial charge in [0.2, 0.25) is 5.91 Å². The van der Waals surface area contributed by atoms with Gasteiger partial charge in [0, 0.05) is 30.0 Å². The fourth-order valence-electron chi connectivity index (χ4n) is 3.76. The van der Waals surface area contributed by atoms with Gasteiger partial charge in [0.15, 0.2) is 0 Å². The first-order chi connectivity index (χ1) is 15.5. The van der Waals surface area contributed by atoms with Crippen LogP contribution in [0.3, 0.4) is 0 Å². The van der Waals surface area contributed by atoms with E-state index >= 15 is 0 Å². The molecule has 1 amide bonds. The van der Waals surface area contributed by atoms with Crippen LogP contribution in [-0.4, -0.2) is 35.7 Å². The highest BCUT2D eigenvalue weighted by Crippen LogP contribution is 2.25. The van der Waals surface area contributed by atoms with E-state index in [2.05, 4.69) is 4.57 Å². The summed E-state index contributed by atoms with van der Waals surface area (Å²) < 4.78 is 7.49. The second-order valence-electron chi connectivity index (χ2n) is 7.63. The van der Waals surface area contributed by atoms with Gasteiger partial charge in [-0.1, -0.05) is 36.4 Å². The molecule has 6 heteroatoms. The second kappa shape index (κ2) is 8.98. The Morgan fingerprint density at radius 3 is 2.50 bits per heavy atom. The van der Waals surface area contributed by atoms with E-state index in [0.717, 1.165) is 27.7 Å². The van der Waals surface area contributed by atoms with E-state index in [-0.39, 0.29) is 11.5 Å². The predicted molar refractivity (Wildman–Crippen MR) is 125 cm³/mol. The van der Waals surface area contributed by atoms with Crippen LogP contribution in [0.1, 0.15) is 21.5 Å². The van der Waals surface area contributed by atoms with Gasteiger partial charge in [-0.2, -0.15) is 0 Å². The Kier molecular flexibility index (Phi) is 5.94. The third-order valence-electron chi connectivity index (χ3n) is 5.59. The smallest absolute Gasteiger partial charge is 0.335 e. The molecule has 0 aliphatic heterocycles. The maximum absolute atomic E-state index is 12.8. The van der Waals surface area contributed by atoms with Crippen molar-refractivity contribution in [2.24, 2.45) is 0 Å². The standard InChI is InChI=1S/C26H24N2O4/c1-27(22-6-4-3-5-7-22)25(29)15-18-8-9-19-12-13-28(23(19)14-18)17-21-11-10-20(26(30)31)16-24(21)32-2/h3-14,16H,15,17H2,1-2H3,(H,30,31). The monoisotopic (exact) mass is 428 g/mol. The molecule has 0 bridgehead atoms. The summed E-state index contributed by atoms with van der Waals surface area (Å²) in [6.45, 7) is 0.522. The fourth-order valence-corrected chi connectivity index (χ4v) is 3.76. The first kappa shape index (κ1) is 21.2. The number of carboxylic acids is 1. The fraction of sp³-hybridized carbons (Fsp3) is 0.154. The molecule has 162 valence electrons. The lowest BCUT2D eigenvalue weighted by molar-refractivity contribution is -0.117. The minimum atomic E-state index is -0.990. The normalized spacial score (nSPS) is 10.8. The van der Waals surface area contributed by atoms with Gasteiger partial charge in [-0.15, -0.1) is 0 Å². The van der Waals surface area contributed by atoms with E-state index in [0.29, 0.717) is 18.7 Å². The second-order valence-corrected chi connectivity index (χ2v) is 7.63. The maximum atomic E-state index is 12.8. The van der Waals surface area contributed by atoms with Gasteiger partial charge in [-0.25, -0.2) is 4.79 Å². The van der Waals surface area contributed by atoms with Gasteiger partial charge >= 0.3 is 5.97 Å². The summed E-state index contributed by atoms with van der Waals surface area (Å²) in [5, 5.41) is 10.3. The van der Waals surface area contributed by atoms with Crippen LogP contribution >= 0.6 is 0 Å². The molecule has 0 radical (unpaired) electrons. The van der Waals surface area contributed by atoms with E-state index in [1.165, 1.54) is 13.2 Å². The molecular weight excluding hydrogens is 404 g/mol. The molecule has 0 fully saturated rings. The highest BCUT2D eigenvalue weighted by atomic mass is 16.5. The molecule has 0 spiro atoms. The van der Waals surface area contributed by atoms with Gasteiger partial charge in [0.1, 0.15) is 5.75 Å². The van der Waals surface area contributed by atoms with Crippen LogP contribution in [0.25, 0.3) is 10.9 Å². The number of para-hydroxylation sites is 1. The van der Waals surface area contributed by atoms with Crippen molar-refractivity contribution in [3.05, 3.63) is 95.7 Å². The van der Waals surface area contributed by atoms with Crippen LogP contribution in [0.4, 0.5) is 5.69 Å². The first-order valence-electron chi connectivity index (χ1n) is 10.3. The van der Waals surface area contributed by atoms with Crippen molar-refractivity contribution in [3.63, 3.8) is 0 Å². The number of aromatic carboxylic acids is 1. The molecule has 1 heterocycles. The van der Waals surface area contributed by atoms with Crippen molar-refractivity contribution >= 4 is 28.5 Å². The number of aromatic nitrogens is 1. The highest BCUT2D eigenvalue weighted by Gasteiger charge is 2.14. The minimum Gasteiger partial charge on any atom is -0.496 e. The Hall–Kier alpha value is -4.06. The summed E-state index contributed by atoms with van der Waals surface area (Å²) in [6, 6.07) is 22.5. The molecule has 0 saturated heterocycles. The molecule has 0 atom stereocenters. The number of likely N-dealkylation sites (N-methyl/N-ethyl adjacent to an activating group) is 1. The molecule has 1 aromatic heterocycles. The maximum Gasteiger partial charge on any atom is 0.335 e. The number of hydrogen-bond acceptors (Lipinski definition) is 3. The number of methoxy groups -OCH3 is 1. The molecule has 3 aromatic carbocycles. The van der Waals surface area contributed by atoms with Crippen molar-refractivity contribution in [1.82, 2.24) is 4.57 Å². The molecule has 1 N–H and O–H groups in total. The van der Waals surface area contributed by atoms with Gasteiger partial charge in [-0.05, 0) is 47.3 Å². The number of ether oxygens (including phenoxy) is 1. The van der Waals surface area contributed by atoms with E-state index < -0.39 is 5.97 Å². The zero-order chi connectivity index (χ0) is 22.7. The van der Waals surface area contributed by atoms with Crippen molar-refractivity contribution < 1.29 is 19.4 Å². The third-order valence-corrected chi connectivity index (χ3v) is 5.59. The lowest BCUT2D eigenvalue weighted by Gasteiger charge is -2.17. The average Bonchev–Trinajstić information content (AvgIpc) is 3.21. The quantitative estimate of drug-likeness (QED) is 0.467. The van der Waals surface area contributed by atoms with Crippen molar-refractivity contribution in [2.45, 2.75) is 13.0 Å². The number of anilines is 1. The zero-order valence-electron chi connectivity index (χ0n) is 18.0.